The molecule has 0 atom stereocenters. The number of nitrogens with one attached hydrogen (secondary N) is 1. The van der Waals surface area contributed by atoms with Gasteiger partial charge in [0.1, 0.15) is 5.60 Å². The Labute approximate surface area is 144 Å². The number of aryl methyl sites for hydroxylation is 1. The molecule has 0 saturated carbocycles. The smallest absolute Gasteiger partial charge is 0.408 e. The van der Waals surface area contributed by atoms with Gasteiger partial charge in [-0.2, -0.15) is 0 Å². The van der Waals surface area contributed by atoms with Crippen molar-refractivity contribution in [1.29, 1.82) is 0 Å². The number of ether oxygens (including phenoxy) is 1. The van der Waals surface area contributed by atoms with Crippen molar-refractivity contribution in [2.45, 2.75) is 70.4 Å². The van der Waals surface area contributed by atoms with Gasteiger partial charge in [-0.25, -0.2) is 4.79 Å². The topological polar surface area (TPSA) is 47.6 Å². The molecule has 0 radical (unpaired) electrons. The minimum absolute atomic E-state index is 0.319. The zero-order valence-corrected chi connectivity index (χ0v) is 15.9. The quantitative estimate of drug-likeness (QED) is 0.554. The number of carbonyl (C=O) groups excluding carboxylic acids is 1. The van der Waals surface area contributed by atoms with Gasteiger partial charge in [0.2, 0.25) is 0 Å². The number of amides is 1. The molecule has 0 bridgehead atoms. The lowest BCUT2D eigenvalue weighted by Gasteiger charge is -2.28. The third-order valence-electron chi connectivity index (χ3n) is 3.04. The monoisotopic (exact) mass is 339 g/mol. The summed E-state index contributed by atoms with van der Waals surface area (Å²) in [7, 11) is 0. The van der Waals surface area contributed by atoms with Crippen LogP contribution in [0.2, 0.25) is 0 Å². The van der Waals surface area contributed by atoms with E-state index in [0.717, 1.165) is 17.7 Å². The molecule has 0 fully saturated rings. The first kappa shape index (κ1) is 19.8. The summed E-state index contributed by atoms with van der Waals surface area (Å²) < 4.78 is 10.9. The molecule has 0 unspecified atom stereocenters. The van der Waals surface area contributed by atoms with Crippen LogP contribution in [0.5, 0.6) is 0 Å². The molecule has 0 aliphatic carbocycles. The van der Waals surface area contributed by atoms with Crippen LogP contribution in [0.1, 0.15) is 53.0 Å². The molecular weight excluding hydrogens is 310 g/mol. The van der Waals surface area contributed by atoms with Crippen molar-refractivity contribution in [1.82, 2.24) is 5.32 Å². The van der Waals surface area contributed by atoms with Gasteiger partial charge >= 0.3 is 6.09 Å². The number of hydrogen-bond acceptors (Lipinski definition) is 4. The lowest BCUT2D eigenvalue weighted by molar-refractivity contribution is 0.0465. The van der Waals surface area contributed by atoms with Gasteiger partial charge in [0, 0.05) is 22.5 Å². The summed E-state index contributed by atoms with van der Waals surface area (Å²) in [6.45, 7) is 12.3. The maximum Gasteiger partial charge on any atom is 0.408 e. The first-order valence-corrected chi connectivity index (χ1v) is 8.69. The van der Waals surface area contributed by atoms with Crippen molar-refractivity contribution in [2.75, 3.05) is 6.61 Å². The number of benzene rings is 1. The average molecular weight is 340 g/mol. The normalized spacial score (nSPS) is 12.1. The number of rotatable bonds is 7. The highest BCUT2D eigenvalue weighted by atomic mass is 32.2. The largest absolute Gasteiger partial charge is 0.444 e. The van der Waals surface area contributed by atoms with Crippen LogP contribution in [0.25, 0.3) is 0 Å². The summed E-state index contributed by atoms with van der Waals surface area (Å²) in [5.41, 5.74) is 0.443. The molecule has 1 rings (SSSR count). The van der Waals surface area contributed by atoms with Gasteiger partial charge in [-0.1, -0.05) is 17.7 Å². The van der Waals surface area contributed by atoms with E-state index in [0.29, 0.717) is 6.61 Å². The van der Waals surface area contributed by atoms with Gasteiger partial charge in [0.25, 0.3) is 0 Å². The second kappa shape index (κ2) is 8.60. The second-order valence-corrected chi connectivity index (χ2v) is 8.21. The molecular formula is C18H29NO3S. The zero-order valence-electron chi connectivity index (χ0n) is 15.1. The Kier molecular flexibility index (Phi) is 7.42. The average Bonchev–Trinajstić information content (AvgIpc) is 2.37. The van der Waals surface area contributed by atoms with Gasteiger partial charge in [-0.3, -0.25) is 0 Å². The first-order valence-electron chi connectivity index (χ1n) is 7.95. The van der Waals surface area contributed by atoms with Crippen LogP contribution in [0.4, 0.5) is 4.79 Å². The molecule has 5 heteroatoms. The molecule has 0 heterocycles. The molecule has 23 heavy (non-hydrogen) atoms. The van der Waals surface area contributed by atoms with E-state index in [9.17, 15) is 4.79 Å². The van der Waals surface area contributed by atoms with Gasteiger partial charge in [0.15, 0.2) is 0 Å². The molecule has 130 valence electrons. The van der Waals surface area contributed by atoms with E-state index in [1.54, 1.807) is 0 Å². The Morgan fingerprint density at radius 3 is 2.30 bits per heavy atom. The summed E-state index contributed by atoms with van der Waals surface area (Å²) in [4.78, 5) is 12.9. The Morgan fingerprint density at radius 1 is 1.13 bits per heavy atom. The minimum Gasteiger partial charge on any atom is -0.444 e. The van der Waals surface area contributed by atoms with Gasteiger partial charge in [0.05, 0.1) is 6.61 Å². The molecule has 1 amide bonds. The van der Waals surface area contributed by atoms with Crippen molar-refractivity contribution in [3.8, 4) is 0 Å². The van der Waals surface area contributed by atoms with Crippen molar-refractivity contribution in [3.63, 3.8) is 0 Å². The van der Waals surface area contributed by atoms with Crippen LogP contribution >= 0.6 is 12.0 Å². The Hall–Kier alpha value is -1.20. The van der Waals surface area contributed by atoms with E-state index in [-0.39, 0.29) is 11.6 Å². The molecule has 1 N–H and O–H groups in total. The standard InChI is InChI=1S/C18H29NO3S/c1-14-8-10-15(11-9-14)23-21-13-7-12-18(5,6)19-16(20)22-17(2,3)4/h8-11H,7,12-13H2,1-6H3,(H,19,20). The predicted octanol–water partition coefficient (Wildman–Crippen LogP) is 5.10. The van der Waals surface area contributed by atoms with E-state index in [1.165, 1.54) is 17.6 Å². The molecule has 0 spiro atoms. The summed E-state index contributed by atoms with van der Waals surface area (Å²) in [5.74, 6) is 0. The van der Waals surface area contributed by atoms with E-state index < -0.39 is 5.60 Å². The van der Waals surface area contributed by atoms with Crippen LogP contribution in [0.15, 0.2) is 29.2 Å². The highest BCUT2D eigenvalue weighted by molar-refractivity contribution is 7.94. The van der Waals surface area contributed by atoms with Crippen LogP contribution in [0, 0.1) is 6.92 Å². The predicted molar refractivity (Wildman–Crippen MR) is 95.7 cm³/mol. The van der Waals surface area contributed by atoms with Crippen molar-refractivity contribution >= 4 is 18.1 Å². The van der Waals surface area contributed by atoms with E-state index in [2.05, 4.69) is 24.4 Å². The number of hydrogen-bond donors (Lipinski definition) is 1. The van der Waals surface area contributed by atoms with E-state index in [1.807, 2.05) is 46.8 Å². The van der Waals surface area contributed by atoms with Gasteiger partial charge in [-0.15, -0.1) is 0 Å². The molecule has 4 nitrogen and oxygen atoms in total. The maximum absolute atomic E-state index is 11.8. The second-order valence-electron chi connectivity index (χ2n) is 7.33. The third kappa shape index (κ3) is 9.51. The zero-order chi connectivity index (χ0) is 17.5. The highest BCUT2D eigenvalue weighted by Gasteiger charge is 2.24. The molecule has 0 aromatic heterocycles. The SMILES string of the molecule is Cc1ccc(SOCCCC(C)(C)NC(=O)OC(C)(C)C)cc1. The molecule has 0 aliphatic heterocycles. The third-order valence-corrected chi connectivity index (χ3v) is 3.79. The summed E-state index contributed by atoms with van der Waals surface area (Å²) in [6.07, 6.45) is 1.31. The Bertz CT molecular complexity index is 492. The Balaban J connectivity index is 2.23. The molecule has 0 saturated heterocycles. The number of carbonyl (C=O) groups is 1. The van der Waals surface area contributed by atoms with Crippen LogP contribution in [0.3, 0.4) is 0 Å². The van der Waals surface area contributed by atoms with E-state index >= 15 is 0 Å². The molecule has 1 aromatic carbocycles. The summed E-state index contributed by atoms with van der Waals surface area (Å²) in [6, 6.07) is 8.24. The molecule has 1 aromatic rings. The van der Waals surface area contributed by atoms with Gasteiger partial charge < -0.3 is 14.2 Å². The van der Waals surface area contributed by atoms with Crippen LogP contribution in [-0.4, -0.2) is 23.8 Å². The van der Waals surface area contributed by atoms with Gasteiger partial charge in [-0.05, 0) is 66.5 Å². The minimum atomic E-state index is -0.478. The van der Waals surface area contributed by atoms with Crippen molar-refractivity contribution < 1.29 is 13.7 Å². The Morgan fingerprint density at radius 2 is 1.74 bits per heavy atom. The maximum atomic E-state index is 11.8. The fraction of sp³-hybridized carbons (Fsp3) is 0.611. The summed E-state index contributed by atoms with van der Waals surface area (Å²) >= 11 is 1.39. The molecule has 0 aliphatic rings. The fourth-order valence-corrected chi connectivity index (χ4v) is 2.50. The van der Waals surface area contributed by atoms with Crippen molar-refractivity contribution in [2.24, 2.45) is 0 Å². The highest BCUT2D eigenvalue weighted by Crippen LogP contribution is 2.21. The van der Waals surface area contributed by atoms with Crippen LogP contribution in [-0.2, 0) is 8.92 Å². The lowest BCUT2D eigenvalue weighted by Crippen LogP contribution is -2.45. The number of alkyl carbamates (subject to hydrolysis) is 1. The lowest BCUT2D eigenvalue weighted by atomic mass is 9.99. The fourth-order valence-electron chi connectivity index (χ4n) is 1.92. The van der Waals surface area contributed by atoms with Crippen molar-refractivity contribution in [3.05, 3.63) is 29.8 Å². The van der Waals surface area contributed by atoms with Crippen LogP contribution < -0.4 is 5.32 Å². The van der Waals surface area contributed by atoms with E-state index in [4.69, 9.17) is 8.92 Å². The summed E-state index contributed by atoms with van der Waals surface area (Å²) in [5, 5.41) is 2.90. The first-order chi connectivity index (χ1) is 10.6.